The summed E-state index contributed by atoms with van der Waals surface area (Å²) in [5.74, 6) is 2.65. The molecular weight excluding hydrogens is 300 g/mol. The van der Waals surface area contributed by atoms with Gasteiger partial charge in [0.05, 0.1) is 0 Å². The smallest absolute Gasteiger partial charge is 0.318 e. The summed E-state index contributed by atoms with van der Waals surface area (Å²) in [5.41, 5.74) is 0. The first-order valence-electron chi connectivity index (χ1n) is 8.44. The van der Waals surface area contributed by atoms with Crippen LogP contribution >= 0.6 is 0 Å². The first-order chi connectivity index (χ1) is 10.8. The fourth-order valence-corrected chi connectivity index (χ4v) is 4.94. The molecule has 0 spiro atoms. The summed E-state index contributed by atoms with van der Waals surface area (Å²) in [7, 11) is 0.368. The summed E-state index contributed by atoms with van der Waals surface area (Å²) < 4.78 is 6.21. The van der Waals surface area contributed by atoms with Crippen LogP contribution in [-0.4, -0.2) is 14.9 Å². The van der Waals surface area contributed by atoms with Crippen LogP contribution < -0.4 is 4.43 Å². The Morgan fingerprint density at radius 2 is 1.48 bits per heavy atom. The van der Waals surface area contributed by atoms with E-state index < -0.39 is 0 Å². The van der Waals surface area contributed by atoms with Crippen molar-refractivity contribution in [3.05, 3.63) is 36.4 Å². The molecule has 2 aromatic carbocycles. The number of fused-ring (bicyclic) bond motifs is 1. The van der Waals surface area contributed by atoms with E-state index in [1.165, 1.54) is 0 Å². The molecule has 2 aromatic rings. The Labute approximate surface area is 142 Å². The highest BCUT2D eigenvalue weighted by Gasteiger charge is 2.43. The van der Waals surface area contributed by atoms with E-state index in [1.807, 2.05) is 30.3 Å². The van der Waals surface area contributed by atoms with E-state index >= 15 is 0 Å². The maximum absolute atomic E-state index is 10.2. The van der Waals surface area contributed by atoms with Crippen molar-refractivity contribution in [2.45, 2.75) is 46.6 Å². The Balaban J connectivity index is 2.31. The fraction of sp³-hybridized carbons (Fsp3) is 0.500. The summed E-state index contributed by atoms with van der Waals surface area (Å²) in [6.07, 6.45) is 0. The highest BCUT2D eigenvalue weighted by Crippen LogP contribution is 2.49. The molecule has 2 radical (unpaired) electrons. The minimum absolute atomic E-state index is 0.140. The topological polar surface area (TPSA) is 29.5 Å². The van der Waals surface area contributed by atoms with Crippen LogP contribution in [-0.2, 0) is 0 Å². The third kappa shape index (κ3) is 3.40. The zero-order chi connectivity index (χ0) is 17.2. The summed E-state index contributed by atoms with van der Waals surface area (Å²) in [5, 5.41) is 12.2. The maximum atomic E-state index is 10.2. The number of hydrogen-bond acceptors (Lipinski definition) is 2. The van der Waals surface area contributed by atoms with Crippen LogP contribution in [0.25, 0.3) is 10.8 Å². The summed E-state index contributed by atoms with van der Waals surface area (Å²) in [4.78, 5) is 0. The number of rotatable bonds is 6. The van der Waals surface area contributed by atoms with Gasteiger partial charge in [0.25, 0.3) is 0 Å². The number of benzene rings is 2. The van der Waals surface area contributed by atoms with Crippen molar-refractivity contribution >= 4 is 20.5 Å². The van der Waals surface area contributed by atoms with Gasteiger partial charge in [0.1, 0.15) is 11.5 Å². The third-order valence-electron chi connectivity index (χ3n) is 5.03. The summed E-state index contributed by atoms with van der Waals surface area (Å²) in [6, 6.07) is 11.6. The van der Waals surface area contributed by atoms with Gasteiger partial charge in [0, 0.05) is 16.5 Å². The number of hydrogen-bond donors (Lipinski definition) is 1. The fourth-order valence-electron chi connectivity index (χ4n) is 3.82. The van der Waals surface area contributed by atoms with Gasteiger partial charge >= 0.3 is 9.76 Å². The molecule has 0 amide bonds. The zero-order valence-corrected chi connectivity index (χ0v) is 16.1. The predicted octanol–water partition coefficient (Wildman–Crippen LogP) is 5.67. The van der Waals surface area contributed by atoms with E-state index in [-0.39, 0.29) is 10.8 Å². The molecule has 0 saturated carbocycles. The Morgan fingerprint density at radius 1 is 0.913 bits per heavy atom. The number of aromatic hydroxyl groups is 1. The molecule has 0 saturated heterocycles. The average Bonchev–Trinajstić information content (AvgIpc) is 2.46. The molecule has 0 aliphatic rings. The molecule has 0 atom stereocenters. The van der Waals surface area contributed by atoms with E-state index in [0.29, 0.717) is 27.5 Å². The average molecular weight is 329 g/mol. The molecule has 0 aliphatic carbocycles. The second-order valence-corrected chi connectivity index (χ2v) is 8.54. The highest BCUT2D eigenvalue weighted by molar-refractivity contribution is 6.34. The van der Waals surface area contributed by atoms with Gasteiger partial charge in [-0.25, -0.2) is 0 Å². The normalized spacial score (nSPS) is 12.6. The van der Waals surface area contributed by atoms with Crippen molar-refractivity contribution in [3.8, 4) is 11.5 Å². The molecule has 0 aromatic heterocycles. The van der Waals surface area contributed by atoms with E-state index in [0.717, 1.165) is 16.5 Å². The molecule has 0 aliphatic heterocycles. The molecule has 3 heteroatoms. The van der Waals surface area contributed by atoms with Crippen molar-refractivity contribution in [3.63, 3.8) is 0 Å². The molecule has 2 rings (SSSR count). The lowest BCUT2D eigenvalue weighted by atomic mass is 9.76. The number of phenols is 1. The van der Waals surface area contributed by atoms with Crippen LogP contribution in [0.3, 0.4) is 0 Å². The second kappa shape index (κ2) is 6.96. The standard InChI is InChI=1S/C20H28O2Si/c1-13(2)20(14(3)4,15(5)6)23-22-17-11-16-9-7-8-10-18(16)19(21)12-17/h7-15,21H,1-6H3. The zero-order valence-electron chi connectivity index (χ0n) is 15.1. The lowest BCUT2D eigenvalue weighted by molar-refractivity contribution is 0.215. The van der Waals surface area contributed by atoms with Crippen molar-refractivity contribution < 1.29 is 9.53 Å². The monoisotopic (exact) mass is 328 g/mol. The molecule has 1 N–H and O–H groups in total. The quantitative estimate of drug-likeness (QED) is 0.692. The molecule has 0 fully saturated rings. The molecule has 2 nitrogen and oxygen atoms in total. The lowest BCUT2D eigenvalue weighted by Gasteiger charge is -2.43. The maximum Gasteiger partial charge on any atom is 0.318 e. The Bertz CT molecular complexity index is 640. The largest absolute Gasteiger partial charge is 0.540 e. The van der Waals surface area contributed by atoms with Crippen LogP contribution in [0.4, 0.5) is 0 Å². The van der Waals surface area contributed by atoms with Crippen LogP contribution in [0.5, 0.6) is 11.5 Å². The Hall–Kier alpha value is -1.48. The van der Waals surface area contributed by atoms with Gasteiger partial charge in [-0.05, 0) is 29.2 Å². The van der Waals surface area contributed by atoms with Gasteiger partial charge in [-0.1, -0.05) is 65.8 Å². The van der Waals surface area contributed by atoms with Crippen molar-refractivity contribution in [2.24, 2.45) is 17.8 Å². The van der Waals surface area contributed by atoms with Gasteiger partial charge in [-0.2, -0.15) is 0 Å². The molecule has 0 heterocycles. The molecule has 0 unspecified atom stereocenters. The van der Waals surface area contributed by atoms with Crippen LogP contribution in [0.1, 0.15) is 41.5 Å². The van der Waals surface area contributed by atoms with Crippen molar-refractivity contribution in [1.29, 1.82) is 0 Å². The van der Waals surface area contributed by atoms with E-state index in [1.54, 1.807) is 6.07 Å². The van der Waals surface area contributed by atoms with Gasteiger partial charge in [-0.15, -0.1) is 0 Å². The molecule has 124 valence electrons. The Kier molecular flexibility index (Phi) is 5.40. The minimum atomic E-state index is 0.140. The molecule has 0 bridgehead atoms. The first-order valence-corrected chi connectivity index (χ1v) is 9.35. The molecular formula is C20H28O2Si. The third-order valence-corrected chi connectivity index (χ3v) is 7.45. The molecule has 23 heavy (non-hydrogen) atoms. The SMILES string of the molecule is CC(C)C([Si]Oc1cc(O)c2ccccc2c1)(C(C)C)C(C)C. The number of phenolic OH excluding ortho intramolecular Hbond substituents is 1. The first kappa shape index (κ1) is 17.9. The van der Waals surface area contributed by atoms with Gasteiger partial charge in [0.2, 0.25) is 0 Å². The van der Waals surface area contributed by atoms with Gasteiger partial charge in [-0.3, -0.25) is 0 Å². The minimum Gasteiger partial charge on any atom is -0.540 e. The van der Waals surface area contributed by atoms with E-state index in [9.17, 15) is 5.11 Å². The lowest BCUT2D eigenvalue weighted by Crippen LogP contribution is -2.39. The van der Waals surface area contributed by atoms with Gasteiger partial charge < -0.3 is 9.53 Å². The van der Waals surface area contributed by atoms with Crippen molar-refractivity contribution in [2.75, 3.05) is 0 Å². The van der Waals surface area contributed by atoms with Crippen LogP contribution in [0, 0.1) is 17.8 Å². The summed E-state index contributed by atoms with van der Waals surface area (Å²) in [6.45, 7) is 13.7. The predicted molar refractivity (Wildman–Crippen MR) is 99.2 cm³/mol. The van der Waals surface area contributed by atoms with E-state index in [4.69, 9.17) is 4.43 Å². The Morgan fingerprint density at radius 3 is 2.04 bits per heavy atom. The second-order valence-electron chi connectivity index (χ2n) is 7.26. The highest BCUT2D eigenvalue weighted by atomic mass is 28.2. The van der Waals surface area contributed by atoms with Crippen LogP contribution in [0.15, 0.2) is 36.4 Å². The van der Waals surface area contributed by atoms with Crippen LogP contribution in [0.2, 0.25) is 5.04 Å². The van der Waals surface area contributed by atoms with E-state index in [2.05, 4.69) is 41.5 Å². The summed E-state index contributed by atoms with van der Waals surface area (Å²) >= 11 is 0. The van der Waals surface area contributed by atoms with Gasteiger partial charge in [0.15, 0.2) is 0 Å². The van der Waals surface area contributed by atoms with Crippen molar-refractivity contribution in [1.82, 2.24) is 0 Å².